The fraction of sp³-hybridized carbons (Fsp3) is 0.308. The molecule has 3 aromatic rings. The van der Waals surface area contributed by atoms with Gasteiger partial charge < -0.3 is 15.2 Å². The van der Waals surface area contributed by atoms with Crippen LogP contribution in [0.15, 0.2) is 78.9 Å². The maximum absolute atomic E-state index is 13.2. The van der Waals surface area contributed by atoms with Gasteiger partial charge in [0.1, 0.15) is 24.3 Å². The van der Waals surface area contributed by atoms with Crippen LogP contribution < -0.4 is 10.1 Å². The van der Waals surface area contributed by atoms with Crippen molar-refractivity contribution in [1.82, 2.24) is 10.2 Å². The number of nitrogens with zero attached hydrogens (tertiary/aromatic N) is 1. The number of halogens is 1. The minimum atomic E-state index is -0.558. The van der Waals surface area contributed by atoms with Crippen LogP contribution in [0.2, 0.25) is 0 Å². The van der Waals surface area contributed by atoms with E-state index in [1.165, 1.54) is 11.6 Å². The largest absolute Gasteiger partial charge is 0.491 e. The maximum atomic E-state index is 13.2. The Kier molecular flexibility index (Phi) is 9.03. The molecule has 0 unspecified atom stereocenters. The Morgan fingerprint density at radius 3 is 2.42 bits per heavy atom. The average Bonchev–Trinajstić information content (AvgIpc) is 2.77. The molecule has 31 heavy (non-hydrogen) atoms. The van der Waals surface area contributed by atoms with E-state index in [9.17, 15) is 9.50 Å². The first-order valence-electron chi connectivity index (χ1n) is 10.7. The quantitative estimate of drug-likeness (QED) is 0.433. The molecule has 3 rings (SSSR count). The SMILES string of the molecule is CN(Cc1ccccc1)C[C@@H](O)COc1ccc(CNCCc2cccc(F)c2)cc1. The summed E-state index contributed by atoms with van der Waals surface area (Å²) in [4.78, 5) is 2.09. The lowest BCUT2D eigenvalue weighted by Crippen LogP contribution is -2.32. The molecule has 164 valence electrons. The first kappa shape index (κ1) is 22.9. The van der Waals surface area contributed by atoms with Gasteiger partial charge in [0.05, 0.1) is 0 Å². The highest BCUT2D eigenvalue weighted by Crippen LogP contribution is 2.13. The number of benzene rings is 3. The van der Waals surface area contributed by atoms with E-state index in [-0.39, 0.29) is 12.4 Å². The lowest BCUT2D eigenvalue weighted by Gasteiger charge is -2.21. The third kappa shape index (κ3) is 8.50. The van der Waals surface area contributed by atoms with Crippen LogP contribution in [0.4, 0.5) is 4.39 Å². The number of rotatable bonds is 12. The van der Waals surface area contributed by atoms with Crippen LogP contribution in [-0.2, 0) is 19.5 Å². The van der Waals surface area contributed by atoms with Crippen molar-refractivity contribution in [2.75, 3.05) is 26.7 Å². The molecule has 0 bridgehead atoms. The molecule has 3 aromatic carbocycles. The van der Waals surface area contributed by atoms with Crippen molar-refractivity contribution in [1.29, 1.82) is 0 Å². The van der Waals surface area contributed by atoms with E-state index in [0.717, 1.165) is 42.9 Å². The van der Waals surface area contributed by atoms with Crippen LogP contribution in [0.25, 0.3) is 0 Å². The van der Waals surface area contributed by atoms with E-state index in [1.807, 2.05) is 55.6 Å². The van der Waals surface area contributed by atoms with Crippen molar-refractivity contribution < 1.29 is 14.2 Å². The predicted molar refractivity (Wildman–Crippen MR) is 123 cm³/mol. The number of hydrogen-bond acceptors (Lipinski definition) is 4. The number of hydrogen-bond donors (Lipinski definition) is 2. The molecule has 0 amide bonds. The molecule has 2 N–H and O–H groups in total. The summed E-state index contributed by atoms with van der Waals surface area (Å²) in [6, 6.07) is 24.8. The summed E-state index contributed by atoms with van der Waals surface area (Å²) >= 11 is 0. The average molecular weight is 423 g/mol. The molecule has 0 fully saturated rings. The van der Waals surface area contributed by atoms with Gasteiger partial charge in [-0.3, -0.25) is 4.90 Å². The van der Waals surface area contributed by atoms with E-state index in [0.29, 0.717) is 6.54 Å². The molecule has 0 saturated carbocycles. The monoisotopic (exact) mass is 422 g/mol. The molecule has 0 aliphatic rings. The molecule has 0 aromatic heterocycles. The fourth-order valence-corrected chi connectivity index (χ4v) is 3.43. The minimum Gasteiger partial charge on any atom is -0.491 e. The summed E-state index contributed by atoms with van der Waals surface area (Å²) in [5, 5.41) is 13.6. The molecule has 0 heterocycles. The summed E-state index contributed by atoms with van der Waals surface area (Å²) in [5.74, 6) is 0.550. The number of ether oxygens (including phenoxy) is 1. The third-order valence-electron chi connectivity index (χ3n) is 4.99. The second-order valence-electron chi connectivity index (χ2n) is 7.85. The Labute approximate surface area is 184 Å². The molecule has 0 aliphatic carbocycles. The van der Waals surface area contributed by atoms with Crippen LogP contribution in [0.3, 0.4) is 0 Å². The Balaban J connectivity index is 1.33. The van der Waals surface area contributed by atoms with Crippen molar-refractivity contribution >= 4 is 0 Å². The van der Waals surface area contributed by atoms with Gasteiger partial charge in [0, 0.05) is 19.6 Å². The van der Waals surface area contributed by atoms with Crippen molar-refractivity contribution in [3.05, 3.63) is 101 Å². The van der Waals surface area contributed by atoms with Crippen LogP contribution in [-0.4, -0.2) is 42.9 Å². The van der Waals surface area contributed by atoms with Gasteiger partial charge >= 0.3 is 0 Å². The molecule has 0 aliphatic heterocycles. The zero-order valence-corrected chi connectivity index (χ0v) is 18.0. The van der Waals surface area contributed by atoms with Gasteiger partial charge in [0.25, 0.3) is 0 Å². The molecule has 1 atom stereocenters. The smallest absolute Gasteiger partial charge is 0.123 e. The standard InChI is InChI=1S/C26H31FN2O2/c1-29(18-23-6-3-2-4-7-23)19-25(30)20-31-26-12-10-22(11-13-26)17-28-15-14-21-8-5-9-24(27)16-21/h2-13,16,25,28,30H,14-15,17-20H2,1H3/t25-/m1/s1. The molecule has 5 heteroatoms. The van der Waals surface area contributed by atoms with Crippen LogP contribution >= 0.6 is 0 Å². The number of nitrogens with one attached hydrogen (secondary N) is 1. The number of aliphatic hydroxyl groups is 1. The molecular formula is C26H31FN2O2. The molecule has 4 nitrogen and oxygen atoms in total. The van der Waals surface area contributed by atoms with Crippen LogP contribution in [0, 0.1) is 5.82 Å². The van der Waals surface area contributed by atoms with Crippen molar-refractivity contribution in [3.8, 4) is 5.75 Å². The Morgan fingerprint density at radius 2 is 1.68 bits per heavy atom. The normalized spacial score (nSPS) is 12.1. The summed E-state index contributed by atoms with van der Waals surface area (Å²) in [5.41, 5.74) is 3.36. The highest BCUT2D eigenvalue weighted by atomic mass is 19.1. The zero-order valence-electron chi connectivity index (χ0n) is 18.0. The van der Waals surface area contributed by atoms with Gasteiger partial charge in [-0.05, 0) is 61.0 Å². The zero-order chi connectivity index (χ0) is 21.9. The summed E-state index contributed by atoms with van der Waals surface area (Å²) in [6.45, 7) is 3.11. The van der Waals surface area contributed by atoms with Crippen LogP contribution in [0.1, 0.15) is 16.7 Å². The van der Waals surface area contributed by atoms with Gasteiger partial charge in [-0.1, -0.05) is 54.6 Å². The topological polar surface area (TPSA) is 44.7 Å². The first-order valence-corrected chi connectivity index (χ1v) is 10.7. The van der Waals surface area contributed by atoms with Gasteiger partial charge in [-0.15, -0.1) is 0 Å². The van der Waals surface area contributed by atoms with Gasteiger partial charge in [-0.25, -0.2) is 4.39 Å². The van der Waals surface area contributed by atoms with E-state index in [4.69, 9.17) is 4.74 Å². The maximum Gasteiger partial charge on any atom is 0.123 e. The molecule has 0 saturated heterocycles. The van der Waals surface area contributed by atoms with E-state index < -0.39 is 6.10 Å². The second-order valence-corrected chi connectivity index (χ2v) is 7.85. The highest BCUT2D eigenvalue weighted by molar-refractivity contribution is 5.27. The lowest BCUT2D eigenvalue weighted by atomic mass is 10.1. The highest BCUT2D eigenvalue weighted by Gasteiger charge is 2.10. The third-order valence-corrected chi connectivity index (χ3v) is 4.99. The Morgan fingerprint density at radius 1 is 0.935 bits per heavy atom. The summed E-state index contributed by atoms with van der Waals surface area (Å²) < 4.78 is 18.9. The van der Waals surface area contributed by atoms with Gasteiger partial charge in [0.15, 0.2) is 0 Å². The molecule has 0 spiro atoms. The molecular weight excluding hydrogens is 391 g/mol. The van der Waals surface area contributed by atoms with E-state index in [2.05, 4.69) is 22.3 Å². The van der Waals surface area contributed by atoms with Gasteiger partial charge in [-0.2, -0.15) is 0 Å². The van der Waals surface area contributed by atoms with Crippen molar-refractivity contribution in [2.24, 2.45) is 0 Å². The first-order chi connectivity index (χ1) is 15.1. The second kappa shape index (κ2) is 12.2. The van der Waals surface area contributed by atoms with Crippen molar-refractivity contribution in [2.45, 2.75) is 25.6 Å². The fourth-order valence-electron chi connectivity index (χ4n) is 3.43. The Hall–Kier alpha value is -2.73. The summed E-state index contributed by atoms with van der Waals surface area (Å²) in [6.07, 6.45) is 0.230. The van der Waals surface area contributed by atoms with Crippen molar-refractivity contribution in [3.63, 3.8) is 0 Å². The Bertz CT molecular complexity index is 903. The minimum absolute atomic E-state index is 0.193. The number of likely N-dealkylation sites (N-methyl/N-ethyl adjacent to an activating group) is 1. The lowest BCUT2D eigenvalue weighted by molar-refractivity contribution is 0.0744. The van der Waals surface area contributed by atoms with Crippen LogP contribution in [0.5, 0.6) is 5.75 Å². The number of aliphatic hydroxyl groups excluding tert-OH is 1. The predicted octanol–water partition coefficient (Wildman–Crippen LogP) is 4.03. The summed E-state index contributed by atoms with van der Waals surface area (Å²) in [7, 11) is 1.99. The van der Waals surface area contributed by atoms with E-state index >= 15 is 0 Å². The van der Waals surface area contributed by atoms with Gasteiger partial charge in [0.2, 0.25) is 0 Å². The molecule has 0 radical (unpaired) electrons. The van der Waals surface area contributed by atoms with E-state index in [1.54, 1.807) is 12.1 Å².